The Balaban J connectivity index is 1.20. The molecule has 1 atom stereocenters. The summed E-state index contributed by atoms with van der Waals surface area (Å²) in [6.45, 7) is 2.16. The number of hydrogen-bond acceptors (Lipinski definition) is 2. The van der Waals surface area contributed by atoms with Gasteiger partial charge in [-0.2, -0.15) is 0 Å². The normalized spacial score (nSPS) is 15.0. The Morgan fingerprint density at radius 3 is 1.97 bits per heavy atom. The Morgan fingerprint density at radius 2 is 1.08 bits per heavy atom. The van der Waals surface area contributed by atoms with Gasteiger partial charge in [-0.1, -0.05) is 158 Å². The summed E-state index contributed by atoms with van der Waals surface area (Å²) >= 11 is 0. The Hall–Kier alpha value is -7.95. The number of para-hydroxylation sites is 6. The van der Waals surface area contributed by atoms with Gasteiger partial charge in [0, 0.05) is 32.6 Å². The zero-order valence-electron chi connectivity index (χ0n) is 33.7. The van der Waals surface area contributed by atoms with Crippen LogP contribution in [0.3, 0.4) is 0 Å². The first kappa shape index (κ1) is 33.8. The second-order valence-electron chi connectivity index (χ2n) is 16.9. The number of aryl methyl sites for hydroxylation is 1. The molecule has 0 bridgehead atoms. The van der Waals surface area contributed by atoms with Gasteiger partial charge in [0.05, 0.1) is 33.5 Å². The highest BCUT2D eigenvalue weighted by Gasteiger charge is 2.52. The number of aromatic nitrogens is 1. The molecule has 14 rings (SSSR count). The van der Waals surface area contributed by atoms with Gasteiger partial charge in [-0.25, -0.2) is 4.39 Å². The third-order valence-corrected chi connectivity index (χ3v) is 14.0. The zero-order chi connectivity index (χ0) is 40.8. The van der Waals surface area contributed by atoms with E-state index in [1.54, 1.807) is 6.07 Å². The fourth-order valence-electron chi connectivity index (χ4n) is 11.5. The van der Waals surface area contributed by atoms with Gasteiger partial charge in [0.2, 0.25) is 0 Å². The maximum Gasteiger partial charge on any atom is 0.171 e. The predicted octanol–water partition coefficient (Wildman–Crippen LogP) is 15.6. The van der Waals surface area contributed by atoms with Gasteiger partial charge in [-0.3, -0.25) is 0 Å². The maximum atomic E-state index is 15.5. The highest BCUT2D eigenvalue weighted by molar-refractivity contribution is 6.19. The number of rotatable bonds is 3. The monoisotopic (exact) mass is 794 g/mol. The van der Waals surface area contributed by atoms with E-state index in [1.165, 1.54) is 83.1 Å². The molecule has 1 aliphatic carbocycles. The lowest BCUT2D eigenvalue weighted by Crippen LogP contribution is -2.33. The highest BCUT2D eigenvalue weighted by Crippen LogP contribution is 2.64. The summed E-state index contributed by atoms with van der Waals surface area (Å²) in [7, 11) is 0. The molecule has 3 nitrogen and oxygen atoms in total. The minimum absolute atomic E-state index is 0.266. The summed E-state index contributed by atoms with van der Waals surface area (Å²) in [6, 6.07) is 69.7. The third-order valence-electron chi connectivity index (χ3n) is 14.0. The van der Waals surface area contributed by atoms with E-state index in [4.69, 9.17) is 4.42 Å². The van der Waals surface area contributed by atoms with Crippen LogP contribution in [0.25, 0.3) is 82.1 Å². The first-order valence-corrected chi connectivity index (χ1v) is 21.3. The minimum Gasteiger partial charge on any atom is -0.451 e. The summed E-state index contributed by atoms with van der Waals surface area (Å²) in [5, 5.41) is 8.85. The molecule has 4 heteroatoms. The topological polar surface area (TPSA) is 21.3 Å². The molecule has 2 aliphatic rings. The van der Waals surface area contributed by atoms with Crippen molar-refractivity contribution in [3.05, 3.63) is 228 Å². The van der Waals surface area contributed by atoms with E-state index in [-0.39, 0.29) is 11.4 Å². The van der Waals surface area contributed by atoms with Crippen molar-refractivity contribution in [3.63, 3.8) is 0 Å². The van der Waals surface area contributed by atoms with Crippen molar-refractivity contribution < 1.29 is 8.81 Å². The number of furan rings is 1. The molecule has 0 radical (unpaired) electrons. The molecular weight excluding hydrogens is 760 g/mol. The standard InChI is InChI=1S/C58H35FN2O/c1-34-15-2-9-27-48(34)60(51-30-14-23-42-41-22-13-26-47(59)56(41)62-57(42)51)52-33-46-54(39-20-6-5-18-37(39)52)53-36-17-4-3-16-35(36)31-32-44(53)58(46)43-24-8-11-29-50(43)61-49-28-10-7-19-38(49)40-21-12-25-45(58)55(40)61/h2-33H,1H3. The highest BCUT2D eigenvalue weighted by atomic mass is 19.1. The van der Waals surface area contributed by atoms with E-state index >= 15 is 4.39 Å². The van der Waals surface area contributed by atoms with Gasteiger partial charge >= 0.3 is 0 Å². The lowest BCUT2D eigenvalue weighted by molar-refractivity contribution is 0.584. The maximum absolute atomic E-state index is 15.5. The van der Waals surface area contributed by atoms with E-state index in [0.717, 1.165) is 38.8 Å². The summed E-state index contributed by atoms with van der Waals surface area (Å²) in [5.74, 6) is -0.371. The van der Waals surface area contributed by atoms with Crippen molar-refractivity contribution in [2.45, 2.75) is 12.3 Å². The van der Waals surface area contributed by atoms with Crippen molar-refractivity contribution in [2.75, 3.05) is 4.90 Å². The Kier molecular flexibility index (Phi) is 6.60. The molecule has 0 amide bonds. The van der Waals surface area contributed by atoms with Crippen molar-refractivity contribution in [3.8, 4) is 16.8 Å². The van der Waals surface area contributed by atoms with E-state index in [2.05, 4.69) is 186 Å². The van der Waals surface area contributed by atoms with Gasteiger partial charge < -0.3 is 13.9 Å². The summed E-state index contributed by atoms with van der Waals surface area (Å²) in [5.41, 5.74) is 15.4. The summed E-state index contributed by atoms with van der Waals surface area (Å²) < 4.78 is 24.7. The SMILES string of the molecule is Cc1ccccc1N(c1cc2c(c3ccccc13)-c1c(ccc3ccccc13)C21c2ccccc2-n2c3ccccc3c3cccc1c32)c1cccc2c1oc1c(F)cccc12. The second kappa shape index (κ2) is 12.1. The van der Waals surface area contributed by atoms with E-state index < -0.39 is 5.41 Å². The van der Waals surface area contributed by atoms with Crippen LogP contribution in [0.2, 0.25) is 0 Å². The van der Waals surface area contributed by atoms with Crippen LogP contribution >= 0.6 is 0 Å². The average molecular weight is 795 g/mol. The lowest BCUT2D eigenvalue weighted by atomic mass is 9.65. The molecule has 0 N–H and O–H groups in total. The van der Waals surface area contributed by atoms with Gasteiger partial charge in [-0.05, 0) is 98.4 Å². The van der Waals surface area contributed by atoms with Crippen LogP contribution in [-0.4, -0.2) is 4.57 Å². The molecule has 1 spiro atoms. The molecule has 1 aliphatic heterocycles. The van der Waals surface area contributed by atoms with Crippen LogP contribution in [0, 0.1) is 12.7 Å². The van der Waals surface area contributed by atoms with Crippen LogP contribution in [0.1, 0.15) is 27.8 Å². The van der Waals surface area contributed by atoms with E-state index in [1.807, 2.05) is 12.1 Å². The van der Waals surface area contributed by atoms with Gasteiger partial charge in [-0.15, -0.1) is 0 Å². The molecule has 0 saturated carbocycles. The molecular formula is C58H35FN2O. The quantitative estimate of drug-likeness (QED) is 0.178. The number of fused-ring (bicyclic) bond motifs is 19. The average Bonchev–Trinajstić information content (AvgIpc) is 3.97. The van der Waals surface area contributed by atoms with Crippen molar-refractivity contribution in [1.29, 1.82) is 0 Å². The van der Waals surface area contributed by atoms with Crippen LogP contribution in [0.4, 0.5) is 21.5 Å². The molecule has 0 fully saturated rings. The fraction of sp³-hybridized carbons (Fsp3) is 0.0345. The van der Waals surface area contributed by atoms with Gasteiger partial charge in [0.25, 0.3) is 0 Å². The Labute approximate surface area is 356 Å². The zero-order valence-corrected chi connectivity index (χ0v) is 33.7. The molecule has 0 saturated heterocycles. The second-order valence-corrected chi connectivity index (χ2v) is 16.9. The van der Waals surface area contributed by atoms with Crippen molar-refractivity contribution >= 4 is 82.4 Å². The van der Waals surface area contributed by atoms with Crippen molar-refractivity contribution in [2.24, 2.45) is 0 Å². The summed E-state index contributed by atoms with van der Waals surface area (Å²) in [6.07, 6.45) is 0. The Bertz CT molecular complexity index is 3930. The van der Waals surface area contributed by atoms with Gasteiger partial charge in [0.15, 0.2) is 17.0 Å². The first-order chi connectivity index (χ1) is 30.6. The summed E-state index contributed by atoms with van der Waals surface area (Å²) in [4.78, 5) is 2.36. The molecule has 1 unspecified atom stereocenters. The molecule has 10 aromatic carbocycles. The van der Waals surface area contributed by atoms with E-state index in [9.17, 15) is 0 Å². The lowest BCUT2D eigenvalue weighted by Gasteiger charge is -2.40. The van der Waals surface area contributed by atoms with Crippen LogP contribution < -0.4 is 4.90 Å². The largest absolute Gasteiger partial charge is 0.451 e. The molecule has 62 heavy (non-hydrogen) atoms. The van der Waals surface area contributed by atoms with Gasteiger partial charge in [0.1, 0.15) is 0 Å². The van der Waals surface area contributed by atoms with Crippen LogP contribution in [0.15, 0.2) is 199 Å². The minimum atomic E-state index is -0.695. The number of nitrogens with zero attached hydrogens (tertiary/aromatic N) is 2. The molecule has 290 valence electrons. The number of hydrogen-bond donors (Lipinski definition) is 0. The Morgan fingerprint density at radius 1 is 0.452 bits per heavy atom. The fourth-order valence-corrected chi connectivity index (χ4v) is 11.5. The van der Waals surface area contributed by atoms with Crippen molar-refractivity contribution in [1.82, 2.24) is 4.57 Å². The number of anilines is 3. The first-order valence-electron chi connectivity index (χ1n) is 21.3. The third kappa shape index (κ3) is 4.09. The smallest absolute Gasteiger partial charge is 0.171 e. The molecule has 3 heterocycles. The van der Waals surface area contributed by atoms with Crippen LogP contribution in [0.5, 0.6) is 0 Å². The predicted molar refractivity (Wildman–Crippen MR) is 253 cm³/mol. The molecule has 2 aromatic heterocycles. The molecule has 12 aromatic rings. The van der Waals surface area contributed by atoms with Crippen LogP contribution in [-0.2, 0) is 5.41 Å². The van der Waals surface area contributed by atoms with E-state index in [0.29, 0.717) is 5.58 Å². The number of benzene rings is 10. The number of halogens is 1.